The van der Waals surface area contributed by atoms with Crippen LogP contribution in [0.15, 0.2) is 24.3 Å². The number of aromatic nitrogens is 2. The van der Waals surface area contributed by atoms with Gasteiger partial charge < -0.3 is 10.1 Å². The Bertz CT molecular complexity index is 474. The van der Waals surface area contributed by atoms with Crippen LogP contribution in [0.4, 0.5) is 0 Å². The van der Waals surface area contributed by atoms with Gasteiger partial charge in [0.2, 0.25) is 5.88 Å². The van der Waals surface area contributed by atoms with Gasteiger partial charge in [0.1, 0.15) is 6.10 Å². The number of nitrogens with one attached hydrogen (secondary N) is 2. The van der Waals surface area contributed by atoms with Crippen molar-refractivity contribution in [2.24, 2.45) is 0 Å². The number of fused-ring (bicyclic) bond motifs is 1. The number of piperidine rings is 1. The monoisotopic (exact) mass is 217 g/mol. The van der Waals surface area contributed by atoms with E-state index >= 15 is 0 Å². The van der Waals surface area contributed by atoms with Gasteiger partial charge in [0.15, 0.2) is 0 Å². The molecule has 0 atom stereocenters. The topological polar surface area (TPSA) is 49.9 Å². The summed E-state index contributed by atoms with van der Waals surface area (Å²) in [6, 6.07) is 8.05. The van der Waals surface area contributed by atoms with E-state index in [9.17, 15) is 0 Å². The van der Waals surface area contributed by atoms with Crippen LogP contribution in [0.1, 0.15) is 12.8 Å². The number of ether oxygens (including phenoxy) is 1. The number of nitrogens with zero attached hydrogens (tertiary/aromatic N) is 1. The fourth-order valence-electron chi connectivity index (χ4n) is 2.10. The third-order valence-electron chi connectivity index (χ3n) is 3.00. The predicted octanol–water partition coefficient (Wildman–Crippen LogP) is 1.69. The molecule has 0 saturated carbocycles. The first-order chi connectivity index (χ1) is 7.93. The molecule has 4 nitrogen and oxygen atoms in total. The molecule has 0 unspecified atom stereocenters. The smallest absolute Gasteiger partial charge is 0.240 e. The van der Waals surface area contributed by atoms with E-state index in [0.717, 1.165) is 42.7 Å². The second-order valence-electron chi connectivity index (χ2n) is 4.14. The van der Waals surface area contributed by atoms with E-state index < -0.39 is 0 Å². The zero-order valence-electron chi connectivity index (χ0n) is 9.07. The normalized spacial score (nSPS) is 17.8. The molecule has 16 heavy (non-hydrogen) atoms. The molecule has 0 bridgehead atoms. The van der Waals surface area contributed by atoms with Crippen molar-refractivity contribution in [3.8, 4) is 5.88 Å². The van der Waals surface area contributed by atoms with Crippen molar-refractivity contribution in [1.29, 1.82) is 0 Å². The third-order valence-corrected chi connectivity index (χ3v) is 3.00. The quantitative estimate of drug-likeness (QED) is 0.805. The summed E-state index contributed by atoms with van der Waals surface area (Å²) in [5.74, 6) is 0.738. The molecule has 3 rings (SSSR count). The van der Waals surface area contributed by atoms with E-state index in [1.54, 1.807) is 0 Å². The fraction of sp³-hybridized carbons (Fsp3) is 0.417. The maximum Gasteiger partial charge on any atom is 0.240 e. The molecule has 2 aromatic rings. The first-order valence-electron chi connectivity index (χ1n) is 5.74. The molecule has 0 spiro atoms. The van der Waals surface area contributed by atoms with E-state index in [4.69, 9.17) is 4.74 Å². The standard InChI is InChI=1S/C12H15N3O/c1-2-4-11-10(3-1)12(15-14-11)16-9-5-7-13-8-6-9/h1-4,9,13H,5-8H2,(H,14,15). The minimum absolute atomic E-state index is 0.299. The lowest BCUT2D eigenvalue weighted by Gasteiger charge is -2.22. The SMILES string of the molecule is c1ccc2c(OC3CCNCC3)n[nH]c2c1. The van der Waals surface area contributed by atoms with Crippen molar-refractivity contribution < 1.29 is 4.74 Å². The van der Waals surface area contributed by atoms with Gasteiger partial charge in [0.05, 0.1) is 10.9 Å². The second-order valence-corrected chi connectivity index (χ2v) is 4.14. The fourth-order valence-corrected chi connectivity index (χ4v) is 2.10. The van der Waals surface area contributed by atoms with Gasteiger partial charge in [0.25, 0.3) is 0 Å². The van der Waals surface area contributed by atoms with Crippen molar-refractivity contribution >= 4 is 10.9 Å². The van der Waals surface area contributed by atoms with Crippen molar-refractivity contribution in [2.75, 3.05) is 13.1 Å². The van der Waals surface area contributed by atoms with Crippen LogP contribution < -0.4 is 10.1 Å². The molecule has 1 aliphatic rings. The molecule has 84 valence electrons. The lowest BCUT2D eigenvalue weighted by atomic mass is 10.1. The van der Waals surface area contributed by atoms with Gasteiger partial charge in [-0.3, -0.25) is 5.10 Å². The van der Waals surface area contributed by atoms with Crippen molar-refractivity contribution in [3.05, 3.63) is 24.3 Å². The van der Waals surface area contributed by atoms with Gasteiger partial charge in [-0.15, -0.1) is 5.10 Å². The summed E-state index contributed by atoms with van der Waals surface area (Å²) < 4.78 is 5.93. The number of rotatable bonds is 2. The van der Waals surface area contributed by atoms with Gasteiger partial charge in [-0.05, 0) is 38.1 Å². The Morgan fingerprint density at radius 2 is 2.00 bits per heavy atom. The molecular weight excluding hydrogens is 202 g/mol. The van der Waals surface area contributed by atoms with Crippen LogP contribution in [-0.2, 0) is 0 Å². The Labute approximate surface area is 94.0 Å². The van der Waals surface area contributed by atoms with Gasteiger partial charge >= 0.3 is 0 Å². The minimum Gasteiger partial charge on any atom is -0.473 e. The van der Waals surface area contributed by atoms with Crippen LogP contribution in [0.3, 0.4) is 0 Å². The van der Waals surface area contributed by atoms with Gasteiger partial charge in [0, 0.05) is 0 Å². The molecule has 0 radical (unpaired) electrons. The number of para-hydroxylation sites is 1. The van der Waals surface area contributed by atoms with E-state index in [1.807, 2.05) is 24.3 Å². The molecular formula is C12H15N3O. The van der Waals surface area contributed by atoms with Crippen LogP contribution in [0.2, 0.25) is 0 Å². The highest BCUT2D eigenvalue weighted by molar-refractivity contribution is 5.83. The first kappa shape index (κ1) is 9.66. The molecule has 1 aromatic heterocycles. The number of aromatic amines is 1. The molecule has 2 heterocycles. The molecule has 1 aliphatic heterocycles. The van der Waals surface area contributed by atoms with Crippen molar-refractivity contribution in [1.82, 2.24) is 15.5 Å². The molecule has 0 amide bonds. The average molecular weight is 217 g/mol. The lowest BCUT2D eigenvalue weighted by molar-refractivity contribution is 0.158. The van der Waals surface area contributed by atoms with Crippen LogP contribution in [0, 0.1) is 0 Å². The predicted molar refractivity (Wildman–Crippen MR) is 62.6 cm³/mol. The zero-order chi connectivity index (χ0) is 10.8. The largest absolute Gasteiger partial charge is 0.473 e. The molecule has 0 aliphatic carbocycles. The minimum atomic E-state index is 0.299. The number of benzene rings is 1. The molecule has 1 saturated heterocycles. The summed E-state index contributed by atoms with van der Waals surface area (Å²) in [5, 5.41) is 11.6. The summed E-state index contributed by atoms with van der Waals surface area (Å²) in [4.78, 5) is 0. The molecule has 1 aromatic carbocycles. The summed E-state index contributed by atoms with van der Waals surface area (Å²) in [7, 11) is 0. The number of hydrogen-bond acceptors (Lipinski definition) is 3. The van der Waals surface area contributed by atoms with Gasteiger partial charge in [-0.2, -0.15) is 0 Å². The number of hydrogen-bond donors (Lipinski definition) is 2. The zero-order valence-corrected chi connectivity index (χ0v) is 9.07. The highest BCUT2D eigenvalue weighted by Gasteiger charge is 2.16. The summed E-state index contributed by atoms with van der Waals surface area (Å²) in [5.41, 5.74) is 1.03. The van der Waals surface area contributed by atoms with Gasteiger partial charge in [-0.1, -0.05) is 12.1 Å². The third kappa shape index (κ3) is 1.76. The molecule has 1 fully saturated rings. The van der Waals surface area contributed by atoms with Gasteiger partial charge in [-0.25, -0.2) is 0 Å². The maximum atomic E-state index is 5.93. The van der Waals surface area contributed by atoms with Crippen molar-refractivity contribution in [2.45, 2.75) is 18.9 Å². The summed E-state index contributed by atoms with van der Waals surface area (Å²) in [6.45, 7) is 2.07. The Morgan fingerprint density at radius 1 is 1.19 bits per heavy atom. The highest BCUT2D eigenvalue weighted by Crippen LogP contribution is 2.24. The Kier molecular flexibility index (Phi) is 2.50. The van der Waals surface area contributed by atoms with E-state index in [2.05, 4.69) is 15.5 Å². The highest BCUT2D eigenvalue weighted by atomic mass is 16.5. The molecule has 2 N–H and O–H groups in total. The van der Waals surface area contributed by atoms with E-state index in [-0.39, 0.29) is 0 Å². The first-order valence-corrected chi connectivity index (χ1v) is 5.74. The van der Waals surface area contributed by atoms with Crippen LogP contribution >= 0.6 is 0 Å². The van der Waals surface area contributed by atoms with Crippen LogP contribution in [0.25, 0.3) is 10.9 Å². The van der Waals surface area contributed by atoms with Crippen LogP contribution in [0.5, 0.6) is 5.88 Å². The summed E-state index contributed by atoms with van der Waals surface area (Å²) in [6.07, 6.45) is 2.41. The Hall–Kier alpha value is -1.55. The molecule has 4 heteroatoms. The van der Waals surface area contributed by atoms with Crippen LogP contribution in [-0.4, -0.2) is 29.4 Å². The Balaban J connectivity index is 1.83. The summed E-state index contributed by atoms with van der Waals surface area (Å²) >= 11 is 0. The Morgan fingerprint density at radius 3 is 2.88 bits per heavy atom. The van der Waals surface area contributed by atoms with E-state index in [1.165, 1.54) is 0 Å². The second kappa shape index (κ2) is 4.14. The van der Waals surface area contributed by atoms with E-state index in [0.29, 0.717) is 6.10 Å². The average Bonchev–Trinajstić information content (AvgIpc) is 2.74. The van der Waals surface area contributed by atoms with Crippen molar-refractivity contribution in [3.63, 3.8) is 0 Å². The number of H-pyrrole nitrogens is 1. The lowest BCUT2D eigenvalue weighted by Crippen LogP contribution is -2.34. The maximum absolute atomic E-state index is 5.93.